The highest BCUT2D eigenvalue weighted by Crippen LogP contribution is 2.48. The Morgan fingerprint density at radius 3 is 2.68 bits per heavy atom. The van der Waals surface area contributed by atoms with Gasteiger partial charge in [-0.1, -0.05) is 60.9 Å². The molecule has 0 nitrogen and oxygen atoms in total. The Hall–Kier alpha value is -1.56. The van der Waals surface area contributed by atoms with E-state index in [0.717, 1.165) is 5.92 Å². The summed E-state index contributed by atoms with van der Waals surface area (Å²) in [6.45, 7) is 9.29. The lowest BCUT2D eigenvalue weighted by molar-refractivity contribution is 0.437. The summed E-state index contributed by atoms with van der Waals surface area (Å²) < 4.78 is 0. The topological polar surface area (TPSA) is 0 Å². The minimum atomic E-state index is 0.671. The van der Waals surface area contributed by atoms with Crippen LogP contribution in [-0.2, 0) is 0 Å². The normalized spacial score (nSPS) is 25.3. The molecule has 3 rings (SSSR count). The van der Waals surface area contributed by atoms with Crippen LogP contribution in [0.1, 0.15) is 57.6 Å². The number of aryl methyl sites for hydroxylation is 1. The Bertz CT molecular complexity index is 654. The summed E-state index contributed by atoms with van der Waals surface area (Å²) >= 11 is 0. The fraction of sp³-hybridized carbons (Fsp3) is 0.455. The van der Waals surface area contributed by atoms with Crippen LogP contribution in [-0.4, -0.2) is 0 Å². The smallest absolute Gasteiger partial charge is 0.00474 e. The molecule has 0 heteroatoms. The molecule has 0 N–H and O–H groups in total. The number of hydrogen-bond donors (Lipinski definition) is 0. The van der Waals surface area contributed by atoms with Crippen LogP contribution in [0.25, 0.3) is 5.57 Å². The molecule has 116 valence electrons. The first-order chi connectivity index (χ1) is 10.6. The van der Waals surface area contributed by atoms with Gasteiger partial charge in [-0.25, -0.2) is 0 Å². The van der Waals surface area contributed by atoms with E-state index in [2.05, 4.69) is 64.1 Å². The van der Waals surface area contributed by atoms with Gasteiger partial charge in [0.2, 0.25) is 0 Å². The monoisotopic (exact) mass is 292 g/mol. The van der Waals surface area contributed by atoms with Crippen LogP contribution in [0, 0.1) is 18.8 Å². The van der Waals surface area contributed by atoms with Gasteiger partial charge in [-0.2, -0.15) is 0 Å². The second-order valence-corrected chi connectivity index (χ2v) is 6.96. The third-order valence-electron chi connectivity index (χ3n) is 5.77. The van der Waals surface area contributed by atoms with Gasteiger partial charge < -0.3 is 0 Å². The summed E-state index contributed by atoms with van der Waals surface area (Å²) in [5.74, 6) is 1.47. The molecule has 0 saturated carbocycles. The molecule has 1 aromatic carbocycles. The fourth-order valence-electron chi connectivity index (χ4n) is 4.41. The SMILES string of the molecule is CCC1CC2=C(CCC=C2)C1/C(C)=C(\C)c1ccccc1C. The predicted octanol–water partition coefficient (Wildman–Crippen LogP) is 6.48. The van der Waals surface area contributed by atoms with E-state index in [1.807, 2.05) is 0 Å². The van der Waals surface area contributed by atoms with Crippen LogP contribution in [0.15, 0.2) is 53.1 Å². The summed E-state index contributed by atoms with van der Waals surface area (Å²) in [6, 6.07) is 8.81. The lowest BCUT2D eigenvalue weighted by Crippen LogP contribution is -2.14. The highest BCUT2D eigenvalue weighted by atomic mass is 14.4. The van der Waals surface area contributed by atoms with Crippen LogP contribution in [0.2, 0.25) is 0 Å². The second-order valence-electron chi connectivity index (χ2n) is 6.96. The molecule has 0 amide bonds. The maximum atomic E-state index is 2.40. The van der Waals surface area contributed by atoms with Crippen LogP contribution < -0.4 is 0 Å². The molecule has 0 bridgehead atoms. The molecule has 0 saturated heterocycles. The highest BCUT2D eigenvalue weighted by molar-refractivity contribution is 5.70. The van der Waals surface area contributed by atoms with Crippen molar-refractivity contribution in [3.63, 3.8) is 0 Å². The molecule has 2 atom stereocenters. The molecular weight excluding hydrogens is 264 g/mol. The molecule has 2 unspecified atom stereocenters. The van der Waals surface area contributed by atoms with E-state index in [1.54, 1.807) is 16.7 Å². The Morgan fingerprint density at radius 1 is 1.18 bits per heavy atom. The zero-order valence-corrected chi connectivity index (χ0v) is 14.4. The van der Waals surface area contributed by atoms with Gasteiger partial charge >= 0.3 is 0 Å². The molecular formula is C22H28. The third kappa shape index (κ3) is 2.60. The third-order valence-corrected chi connectivity index (χ3v) is 5.77. The summed E-state index contributed by atoms with van der Waals surface area (Å²) in [6.07, 6.45) is 9.82. The summed E-state index contributed by atoms with van der Waals surface area (Å²) in [7, 11) is 0. The quantitative estimate of drug-likeness (QED) is 0.598. The number of benzene rings is 1. The molecule has 0 radical (unpaired) electrons. The van der Waals surface area contributed by atoms with E-state index >= 15 is 0 Å². The van der Waals surface area contributed by atoms with Crippen molar-refractivity contribution in [2.75, 3.05) is 0 Å². The Labute approximate surface area is 135 Å². The number of hydrogen-bond acceptors (Lipinski definition) is 0. The van der Waals surface area contributed by atoms with E-state index in [1.165, 1.54) is 42.4 Å². The van der Waals surface area contributed by atoms with Gasteiger partial charge in [0.15, 0.2) is 0 Å². The average molecular weight is 292 g/mol. The van der Waals surface area contributed by atoms with Gasteiger partial charge in [-0.05, 0) is 68.2 Å². The van der Waals surface area contributed by atoms with Crippen molar-refractivity contribution in [1.29, 1.82) is 0 Å². The van der Waals surface area contributed by atoms with Crippen LogP contribution in [0.3, 0.4) is 0 Å². The first-order valence-electron chi connectivity index (χ1n) is 8.75. The van der Waals surface area contributed by atoms with E-state index in [-0.39, 0.29) is 0 Å². The van der Waals surface area contributed by atoms with Crippen molar-refractivity contribution in [3.05, 3.63) is 64.3 Å². The van der Waals surface area contributed by atoms with Gasteiger partial charge in [0.05, 0.1) is 0 Å². The van der Waals surface area contributed by atoms with E-state index in [9.17, 15) is 0 Å². The number of rotatable bonds is 3. The maximum absolute atomic E-state index is 2.40. The molecule has 0 heterocycles. The lowest BCUT2D eigenvalue weighted by Gasteiger charge is -2.26. The summed E-state index contributed by atoms with van der Waals surface area (Å²) in [5.41, 5.74) is 9.28. The minimum absolute atomic E-state index is 0.671. The van der Waals surface area contributed by atoms with Crippen molar-refractivity contribution in [2.45, 2.75) is 53.4 Å². The van der Waals surface area contributed by atoms with Crippen molar-refractivity contribution >= 4 is 5.57 Å². The van der Waals surface area contributed by atoms with Crippen LogP contribution in [0.5, 0.6) is 0 Å². The molecule has 0 aliphatic heterocycles. The Kier molecular flexibility index (Phi) is 4.38. The fourth-order valence-corrected chi connectivity index (χ4v) is 4.41. The maximum Gasteiger partial charge on any atom is 0.00474 e. The second kappa shape index (κ2) is 6.28. The van der Waals surface area contributed by atoms with E-state index < -0.39 is 0 Å². The molecule has 0 spiro atoms. The Morgan fingerprint density at radius 2 is 1.95 bits per heavy atom. The minimum Gasteiger partial charge on any atom is -0.0839 e. The van der Waals surface area contributed by atoms with Crippen molar-refractivity contribution in [1.82, 2.24) is 0 Å². The largest absolute Gasteiger partial charge is 0.0839 e. The van der Waals surface area contributed by atoms with Gasteiger partial charge in [-0.15, -0.1) is 0 Å². The van der Waals surface area contributed by atoms with E-state index in [4.69, 9.17) is 0 Å². The predicted molar refractivity (Wildman–Crippen MR) is 96.7 cm³/mol. The molecule has 0 fully saturated rings. The molecule has 0 aromatic heterocycles. The summed E-state index contributed by atoms with van der Waals surface area (Å²) in [5, 5.41) is 0. The zero-order chi connectivity index (χ0) is 15.7. The standard InChI is InChI=1S/C22H28/c1-5-18-14-19-11-7-9-13-21(19)22(18)17(4)16(3)20-12-8-6-10-15(20)2/h6-8,10-12,18,22H,5,9,13-14H2,1-4H3/b17-16+. The first kappa shape index (κ1) is 15.3. The molecule has 2 aliphatic carbocycles. The number of allylic oxidation sites excluding steroid dienone is 6. The summed E-state index contributed by atoms with van der Waals surface area (Å²) in [4.78, 5) is 0. The van der Waals surface area contributed by atoms with Crippen molar-refractivity contribution in [2.24, 2.45) is 11.8 Å². The van der Waals surface area contributed by atoms with Gasteiger partial charge in [0.1, 0.15) is 0 Å². The van der Waals surface area contributed by atoms with Gasteiger partial charge in [0, 0.05) is 5.92 Å². The van der Waals surface area contributed by atoms with Crippen molar-refractivity contribution in [3.8, 4) is 0 Å². The highest BCUT2D eigenvalue weighted by Gasteiger charge is 2.34. The van der Waals surface area contributed by atoms with Gasteiger partial charge in [0.25, 0.3) is 0 Å². The molecule has 2 aliphatic rings. The van der Waals surface area contributed by atoms with Crippen LogP contribution >= 0.6 is 0 Å². The molecule has 22 heavy (non-hydrogen) atoms. The zero-order valence-electron chi connectivity index (χ0n) is 14.4. The Balaban J connectivity index is 2.04. The van der Waals surface area contributed by atoms with Crippen molar-refractivity contribution < 1.29 is 0 Å². The average Bonchev–Trinajstić information content (AvgIpc) is 2.92. The van der Waals surface area contributed by atoms with Crippen LogP contribution in [0.4, 0.5) is 0 Å². The van der Waals surface area contributed by atoms with Gasteiger partial charge in [-0.3, -0.25) is 0 Å². The molecule has 1 aromatic rings. The lowest BCUT2D eigenvalue weighted by atomic mass is 9.79. The first-order valence-corrected chi connectivity index (χ1v) is 8.75. The van der Waals surface area contributed by atoms with E-state index in [0.29, 0.717) is 5.92 Å².